The predicted octanol–water partition coefficient (Wildman–Crippen LogP) is 2.75. The molecule has 3 heterocycles. The van der Waals surface area contributed by atoms with E-state index >= 15 is 0 Å². The first kappa shape index (κ1) is 32.1. The molecular formula is C32H38N6O6S2. The average Bonchev–Trinajstić information content (AvgIpc) is 3.88. The van der Waals surface area contributed by atoms with E-state index < -0.39 is 68.1 Å². The Kier molecular flexibility index (Phi) is 8.18. The largest absolute Gasteiger partial charge is 0.471 e. The number of para-hydroxylation sites is 2. The number of nitrogens with zero attached hydrogens (tertiary/aromatic N) is 3. The summed E-state index contributed by atoms with van der Waals surface area (Å²) in [4.78, 5) is 52.9. The molecule has 1 aliphatic heterocycles. The number of hydrogen-bond donors (Lipinski definition) is 3. The minimum absolute atomic E-state index is 0.0409. The Hall–Kier alpha value is -3.88. The zero-order chi connectivity index (χ0) is 33.0. The first-order valence-corrected chi connectivity index (χ1v) is 17.7. The smallest absolute Gasteiger partial charge is 0.259 e. The van der Waals surface area contributed by atoms with Crippen LogP contribution >= 0.6 is 11.3 Å². The number of amides is 3. The van der Waals surface area contributed by atoms with Gasteiger partial charge in [-0.25, -0.2) is 18.4 Å². The quantitative estimate of drug-likeness (QED) is 0.275. The fourth-order valence-corrected chi connectivity index (χ4v) is 7.81. The molecule has 46 heavy (non-hydrogen) atoms. The molecule has 2 saturated carbocycles. The normalized spacial score (nSPS) is 25.1. The van der Waals surface area contributed by atoms with E-state index in [-0.39, 0.29) is 25.3 Å². The summed E-state index contributed by atoms with van der Waals surface area (Å²) in [5.41, 5.74) is 6.18. The number of sulfonamides is 1. The summed E-state index contributed by atoms with van der Waals surface area (Å²) in [6.07, 6.45) is 2.11. The molecule has 3 aliphatic rings. The van der Waals surface area contributed by atoms with Crippen molar-refractivity contribution in [1.29, 1.82) is 0 Å². The van der Waals surface area contributed by atoms with Crippen molar-refractivity contribution in [3.63, 3.8) is 0 Å². The van der Waals surface area contributed by atoms with Gasteiger partial charge in [0.1, 0.15) is 23.4 Å². The number of thiophene rings is 1. The van der Waals surface area contributed by atoms with E-state index in [0.29, 0.717) is 29.6 Å². The maximum atomic E-state index is 14.0. The Labute approximate surface area is 271 Å². The Morgan fingerprint density at radius 1 is 1.15 bits per heavy atom. The van der Waals surface area contributed by atoms with Crippen molar-refractivity contribution in [2.75, 3.05) is 6.54 Å². The molecule has 12 nitrogen and oxygen atoms in total. The van der Waals surface area contributed by atoms with E-state index in [0.717, 1.165) is 4.88 Å². The summed E-state index contributed by atoms with van der Waals surface area (Å²) in [5.74, 6) is -2.05. The van der Waals surface area contributed by atoms with Crippen molar-refractivity contribution in [3.8, 4) is 16.5 Å². The van der Waals surface area contributed by atoms with Crippen LogP contribution in [0.15, 0.2) is 54.4 Å². The van der Waals surface area contributed by atoms with Crippen LogP contribution in [0.5, 0.6) is 5.88 Å². The highest BCUT2D eigenvalue weighted by Crippen LogP contribution is 2.45. The van der Waals surface area contributed by atoms with Gasteiger partial charge in [-0.2, -0.15) is 0 Å². The Morgan fingerprint density at radius 3 is 2.43 bits per heavy atom. The van der Waals surface area contributed by atoms with Gasteiger partial charge >= 0.3 is 0 Å². The average molecular weight is 667 g/mol. The van der Waals surface area contributed by atoms with Gasteiger partial charge < -0.3 is 20.7 Å². The highest BCUT2D eigenvalue weighted by Gasteiger charge is 2.62. The highest BCUT2D eigenvalue weighted by atomic mass is 32.2. The lowest BCUT2D eigenvalue weighted by Gasteiger charge is -2.33. The highest BCUT2D eigenvalue weighted by molar-refractivity contribution is 7.91. The lowest BCUT2D eigenvalue weighted by Crippen LogP contribution is -2.59. The molecule has 0 bridgehead atoms. The summed E-state index contributed by atoms with van der Waals surface area (Å²) in [6.45, 7) is 9.31. The van der Waals surface area contributed by atoms with Crippen LogP contribution in [0.3, 0.4) is 0 Å². The van der Waals surface area contributed by atoms with E-state index in [9.17, 15) is 22.8 Å². The number of aromatic nitrogens is 2. The first-order chi connectivity index (χ1) is 21.7. The van der Waals surface area contributed by atoms with Gasteiger partial charge in [-0.3, -0.25) is 19.1 Å². The molecule has 0 spiro atoms. The van der Waals surface area contributed by atoms with E-state index in [1.54, 1.807) is 0 Å². The number of rotatable bonds is 10. The molecule has 5 atom stereocenters. The molecule has 6 rings (SSSR count). The van der Waals surface area contributed by atoms with E-state index in [2.05, 4.69) is 16.6 Å². The summed E-state index contributed by atoms with van der Waals surface area (Å²) < 4.78 is 33.7. The summed E-state index contributed by atoms with van der Waals surface area (Å²) in [5, 5.41) is 4.11. The van der Waals surface area contributed by atoms with Crippen molar-refractivity contribution in [2.24, 2.45) is 17.1 Å². The van der Waals surface area contributed by atoms with Crippen molar-refractivity contribution in [1.82, 2.24) is 24.9 Å². The van der Waals surface area contributed by atoms with Crippen LogP contribution in [-0.4, -0.2) is 76.5 Å². The first-order valence-electron chi connectivity index (χ1n) is 15.3. The summed E-state index contributed by atoms with van der Waals surface area (Å²) in [6, 6.07) is 9.28. The van der Waals surface area contributed by atoms with Crippen LogP contribution in [0.1, 0.15) is 46.5 Å². The molecule has 244 valence electrons. The Balaban J connectivity index is 1.29. The second kappa shape index (κ2) is 11.7. The molecular weight excluding hydrogens is 629 g/mol. The van der Waals surface area contributed by atoms with Gasteiger partial charge in [-0.05, 0) is 48.3 Å². The van der Waals surface area contributed by atoms with E-state index in [1.165, 1.54) is 22.3 Å². The van der Waals surface area contributed by atoms with Gasteiger partial charge in [-0.15, -0.1) is 17.9 Å². The van der Waals surface area contributed by atoms with E-state index in [1.807, 2.05) is 62.5 Å². The van der Waals surface area contributed by atoms with Crippen LogP contribution in [-0.2, 0) is 24.4 Å². The Bertz CT molecular complexity index is 1800. The fourth-order valence-electron chi connectivity index (χ4n) is 5.74. The molecule has 14 heteroatoms. The number of carbonyl (C=O) groups excluding carboxylic acids is 3. The molecule has 4 N–H and O–H groups in total. The van der Waals surface area contributed by atoms with Crippen molar-refractivity contribution < 1.29 is 27.5 Å². The van der Waals surface area contributed by atoms with Crippen LogP contribution in [0.2, 0.25) is 0 Å². The van der Waals surface area contributed by atoms with Crippen LogP contribution < -0.4 is 20.5 Å². The number of benzene rings is 1. The maximum absolute atomic E-state index is 14.0. The molecule has 0 radical (unpaired) electrons. The molecule has 1 unspecified atom stereocenters. The van der Waals surface area contributed by atoms with Crippen molar-refractivity contribution in [3.05, 3.63) is 54.4 Å². The zero-order valence-electron chi connectivity index (χ0n) is 25.9. The van der Waals surface area contributed by atoms with Crippen LogP contribution in [0.4, 0.5) is 0 Å². The number of nitrogens with one attached hydrogen (secondary N) is 2. The Morgan fingerprint density at radius 2 is 1.85 bits per heavy atom. The standard InChI is InChI=1S/C32H38N6O6S2/c1-5-18-16-32(18,30(41)37-46(42,43)20-12-13-20)36-27(39)23-15-19(17-38(23)29(40)26(33)31(2,3)4)44-28-25(24-11-8-14-45-24)34-21-9-6-7-10-22(21)35-28/h5-11,14,18-20,23,26H,1,12-13,15-17,33H2,2-4H3,(H,36,39)(H,37,41)/t18-,19-,23+,26-,32?/m1/s1. The molecule has 3 amide bonds. The molecule has 3 aromatic rings. The number of ether oxygens (including phenoxy) is 1. The molecule has 1 aromatic carbocycles. The van der Waals surface area contributed by atoms with Gasteiger partial charge in [0.05, 0.1) is 33.7 Å². The third-order valence-corrected chi connectivity index (χ3v) is 11.6. The number of fused-ring (bicyclic) bond motifs is 1. The fraction of sp³-hybridized carbons (Fsp3) is 0.469. The van der Waals surface area contributed by atoms with Gasteiger partial charge in [0.25, 0.3) is 5.91 Å². The summed E-state index contributed by atoms with van der Waals surface area (Å²) in [7, 11) is -3.85. The van der Waals surface area contributed by atoms with Crippen molar-refractivity contribution in [2.45, 2.75) is 75.4 Å². The van der Waals surface area contributed by atoms with Gasteiger partial charge in [0, 0.05) is 12.3 Å². The monoisotopic (exact) mass is 666 g/mol. The van der Waals surface area contributed by atoms with Gasteiger partial charge in [-0.1, -0.05) is 45.0 Å². The maximum Gasteiger partial charge on any atom is 0.259 e. The summed E-state index contributed by atoms with van der Waals surface area (Å²) >= 11 is 1.49. The van der Waals surface area contributed by atoms with Crippen molar-refractivity contribution >= 4 is 50.1 Å². The number of carbonyl (C=O) groups is 3. The number of hydrogen-bond acceptors (Lipinski definition) is 10. The molecule has 2 aromatic heterocycles. The van der Waals surface area contributed by atoms with Gasteiger partial charge in [0.2, 0.25) is 27.7 Å². The molecule has 1 saturated heterocycles. The number of likely N-dealkylation sites (tertiary alicyclic amines) is 1. The predicted molar refractivity (Wildman–Crippen MR) is 174 cm³/mol. The lowest BCUT2D eigenvalue weighted by molar-refractivity contribution is -0.142. The lowest BCUT2D eigenvalue weighted by atomic mass is 9.86. The zero-order valence-corrected chi connectivity index (χ0v) is 27.6. The topological polar surface area (TPSA) is 174 Å². The van der Waals surface area contributed by atoms with Crippen LogP contribution in [0, 0.1) is 11.3 Å². The van der Waals surface area contributed by atoms with Gasteiger partial charge in [0.15, 0.2) is 0 Å². The molecule has 3 fully saturated rings. The molecule has 2 aliphatic carbocycles. The van der Waals surface area contributed by atoms with E-state index in [4.69, 9.17) is 20.4 Å². The minimum atomic E-state index is -3.85. The second-order valence-corrected chi connectivity index (χ2v) is 16.3. The third kappa shape index (κ3) is 6.13. The third-order valence-electron chi connectivity index (χ3n) is 8.87. The number of nitrogens with two attached hydrogens (primary N) is 1. The van der Waals surface area contributed by atoms with Crippen LogP contribution in [0.25, 0.3) is 21.6 Å². The SMILES string of the molecule is C=C[C@@H]1CC1(NC(=O)[C@@H]1C[C@@H](Oc2nc3ccccc3nc2-c2cccs2)CN1C(=O)[C@@H](N)C(C)(C)C)C(=O)NS(=O)(=O)C1CC1. The minimum Gasteiger partial charge on any atom is -0.471 e. The second-order valence-electron chi connectivity index (χ2n) is 13.4.